The molecular formula is C20H21F3N4O. The van der Waals surface area contributed by atoms with E-state index in [-0.39, 0.29) is 11.6 Å². The number of carbonyl (C=O) groups excluding carboxylic acids is 1. The van der Waals surface area contributed by atoms with Crippen LogP contribution in [0, 0.1) is 0 Å². The Kier molecular flexibility index (Phi) is 4.51. The zero-order valence-electron chi connectivity index (χ0n) is 15.5. The van der Waals surface area contributed by atoms with Gasteiger partial charge >= 0.3 is 12.2 Å². The Labute approximate surface area is 161 Å². The topological polar surface area (TPSA) is 49.3 Å². The van der Waals surface area contributed by atoms with Crippen molar-refractivity contribution in [1.29, 1.82) is 0 Å². The maximum atomic E-state index is 12.8. The SMILES string of the molecule is CN1C(=O)N(c2cnc(C(F)(F)F)nc2)CC12CCC(c1ccccc1)CC2. The van der Waals surface area contributed by atoms with E-state index in [0.717, 1.165) is 38.1 Å². The van der Waals surface area contributed by atoms with Crippen LogP contribution in [-0.2, 0) is 6.18 Å². The van der Waals surface area contributed by atoms with Gasteiger partial charge in [-0.1, -0.05) is 30.3 Å². The van der Waals surface area contributed by atoms with Crippen molar-refractivity contribution in [3.8, 4) is 0 Å². The number of halogens is 3. The summed E-state index contributed by atoms with van der Waals surface area (Å²) in [4.78, 5) is 22.8. The fourth-order valence-electron chi connectivity index (χ4n) is 4.37. The van der Waals surface area contributed by atoms with Crippen molar-refractivity contribution in [3.63, 3.8) is 0 Å². The van der Waals surface area contributed by atoms with Crippen LogP contribution in [-0.4, -0.2) is 40.0 Å². The van der Waals surface area contributed by atoms with Gasteiger partial charge in [-0.15, -0.1) is 0 Å². The summed E-state index contributed by atoms with van der Waals surface area (Å²) in [6, 6.07) is 10.1. The summed E-state index contributed by atoms with van der Waals surface area (Å²) in [5.41, 5.74) is 1.31. The van der Waals surface area contributed by atoms with Gasteiger partial charge in [0.05, 0.1) is 30.2 Å². The Morgan fingerprint density at radius 1 is 1.07 bits per heavy atom. The minimum absolute atomic E-state index is 0.221. The number of rotatable bonds is 2. The number of carbonyl (C=O) groups is 1. The molecule has 0 atom stereocenters. The van der Waals surface area contributed by atoms with E-state index >= 15 is 0 Å². The third-order valence-corrected chi connectivity index (χ3v) is 6.07. The van der Waals surface area contributed by atoms with Gasteiger partial charge in [0, 0.05) is 7.05 Å². The number of amides is 2. The predicted molar refractivity (Wildman–Crippen MR) is 97.9 cm³/mol. The lowest BCUT2D eigenvalue weighted by Gasteiger charge is -2.41. The first-order valence-corrected chi connectivity index (χ1v) is 9.30. The Hall–Kier alpha value is -2.64. The number of aromatic nitrogens is 2. The molecule has 28 heavy (non-hydrogen) atoms. The van der Waals surface area contributed by atoms with Gasteiger partial charge in [0.2, 0.25) is 5.82 Å². The molecule has 0 bridgehead atoms. The van der Waals surface area contributed by atoms with Crippen molar-refractivity contribution in [2.45, 2.75) is 43.3 Å². The van der Waals surface area contributed by atoms with Crippen molar-refractivity contribution in [2.75, 3.05) is 18.5 Å². The number of anilines is 1. The lowest BCUT2D eigenvalue weighted by molar-refractivity contribution is -0.144. The average Bonchev–Trinajstić information content (AvgIpc) is 2.94. The molecule has 0 N–H and O–H groups in total. The molecule has 2 aromatic rings. The minimum atomic E-state index is -4.60. The van der Waals surface area contributed by atoms with Gasteiger partial charge in [-0.2, -0.15) is 13.2 Å². The highest BCUT2D eigenvalue weighted by molar-refractivity contribution is 5.94. The lowest BCUT2D eigenvalue weighted by atomic mass is 9.74. The molecule has 2 fully saturated rings. The van der Waals surface area contributed by atoms with Gasteiger partial charge in [0.25, 0.3) is 0 Å². The number of hydrogen-bond acceptors (Lipinski definition) is 3. The number of likely N-dealkylation sites (N-methyl/N-ethyl adjacent to an activating group) is 1. The number of hydrogen-bond donors (Lipinski definition) is 0. The van der Waals surface area contributed by atoms with E-state index in [9.17, 15) is 18.0 Å². The van der Waals surface area contributed by atoms with E-state index in [0.29, 0.717) is 18.2 Å². The molecule has 0 radical (unpaired) electrons. The summed E-state index contributed by atoms with van der Waals surface area (Å²) in [7, 11) is 1.77. The second-order valence-corrected chi connectivity index (χ2v) is 7.60. The molecule has 1 aliphatic heterocycles. The first-order valence-electron chi connectivity index (χ1n) is 9.30. The van der Waals surface area contributed by atoms with Crippen molar-refractivity contribution in [3.05, 3.63) is 54.1 Å². The molecule has 1 spiro atoms. The van der Waals surface area contributed by atoms with Crippen LogP contribution in [0.4, 0.5) is 23.7 Å². The van der Waals surface area contributed by atoms with Crippen LogP contribution in [0.25, 0.3) is 0 Å². The fraction of sp³-hybridized carbons (Fsp3) is 0.450. The highest BCUT2D eigenvalue weighted by Crippen LogP contribution is 2.44. The van der Waals surface area contributed by atoms with Gasteiger partial charge in [0.1, 0.15) is 0 Å². The first-order chi connectivity index (χ1) is 13.3. The molecule has 1 aromatic carbocycles. The van der Waals surface area contributed by atoms with Crippen molar-refractivity contribution < 1.29 is 18.0 Å². The number of nitrogens with zero attached hydrogens (tertiary/aromatic N) is 4. The van der Waals surface area contributed by atoms with E-state index in [4.69, 9.17) is 0 Å². The Morgan fingerprint density at radius 3 is 2.25 bits per heavy atom. The summed E-state index contributed by atoms with van der Waals surface area (Å²) in [5, 5.41) is 0. The van der Waals surface area contributed by atoms with Crippen LogP contribution >= 0.6 is 0 Å². The molecule has 1 aliphatic carbocycles. The summed E-state index contributed by atoms with van der Waals surface area (Å²) in [5.74, 6) is -0.729. The van der Waals surface area contributed by atoms with E-state index in [2.05, 4.69) is 22.1 Å². The van der Waals surface area contributed by atoms with E-state index in [1.54, 1.807) is 11.9 Å². The molecule has 148 valence electrons. The highest BCUT2D eigenvalue weighted by Gasteiger charge is 2.50. The third kappa shape index (κ3) is 3.21. The normalized spacial score (nSPS) is 25.6. The second kappa shape index (κ2) is 6.76. The van der Waals surface area contributed by atoms with Crippen LogP contribution in [0.2, 0.25) is 0 Å². The van der Waals surface area contributed by atoms with E-state index < -0.39 is 12.0 Å². The van der Waals surface area contributed by atoms with Gasteiger partial charge in [-0.3, -0.25) is 4.90 Å². The molecule has 1 aromatic heterocycles. The molecule has 1 saturated carbocycles. The van der Waals surface area contributed by atoms with Crippen LogP contribution in [0.15, 0.2) is 42.7 Å². The second-order valence-electron chi connectivity index (χ2n) is 7.60. The summed E-state index contributed by atoms with van der Waals surface area (Å²) < 4.78 is 38.1. The van der Waals surface area contributed by atoms with Crippen LogP contribution in [0.1, 0.15) is 43.0 Å². The average molecular weight is 390 g/mol. The molecule has 4 rings (SSSR count). The van der Waals surface area contributed by atoms with Crippen LogP contribution in [0.3, 0.4) is 0 Å². The largest absolute Gasteiger partial charge is 0.451 e. The first kappa shape index (κ1) is 18.7. The molecule has 2 amide bonds. The Bertz CT molecular complexity index is 846. The van der Waals surface area contributed by atoms with Crippen molar-refractivity contribution in [2.24, 2.45) is 0 Å². The molecule has 0 unspecified atom stereocenters. The molecule has 8 heteroatoms. The zero-order chi connectivity index (χ0) is 19.9. The minimum Gasteiger partial charge on any atom is -0.320 e. The van der Waals surface area contributed by atoms with E-state index in [1.165, 1.54) is 10.5 Å². The van der Waals surface area contributed by atoms with Gasteiger partial charge < -0.3 is 4.90 Å². The zero-order valence-corrected chi connectivity index (χ0v) is 15.5. The molecule has 1 saturated heterocycles. The van der Waals surface area contributed by atoms with Gasteiger partial charge in [-0.25, -0.2) is 14.8 Å². The van der Waals surface area contributed by atoms with Crippen molar-refractivity contribution >= 4 is 11.7 Å². The van der Waals surface area contributed by atoms with Crippen molar-refractivity contribution in [1.82, 2.24) is 14.9 Å². The predicted octanol–water partition coefficient (Wildman–Crippen LogP) is 4.46. The molecule has 5 nitrogen and oxygen atoms in total. The van der Waals surface area contributed by atoms with Gasteiger partial charge in [0.15, 0.2) is 0 Å². The van der Waals surface area contributed by atoms with Gasteiger partial charge in [-0.05, 0) is 37.2 Å². The van der Waals surface area contributed by atoms with E-state index in [1.807, 2.05) is 18.2 Å². The smallest absolute Gasteiger partial charge is 0.320 e. The Balaban J connectivity index is 1.50. The lowest BCUT2D eigenvalue weighted by Crippen LogP contribution is -2.47. The Morgan fingerprint density at radius 2 is 1.68 bits per heavy atom. The quantitative estimate of drug-likeness (QED) is 0.761. The molecule has 2 aliphatic rings. The summed E-state index contributed by atoms with van der Waals surface area (Å²) in [6.45, 7) is 0.443. The molecule has 2 heterocycles. The monoisotopic (exact) mass is 390 g/mol. The fourth-order valence-corrected chi connectivity index (χ4v) is 4.37. The maximum absolute atomic E-state index is 12.8. The van der Waals surface area contributed by atoms with Crippen LogP contribution in [0.5, 0.6) is 0 Å². The highest BCUT2D eigenvalue weighted by atomic mass is 19.4. The standard InChI is InChI=1S/C20H21F3N4O/c1-26-18(28)27(16-11-24-17(25-12-16)20(21,22)23)13-19(26)9-7-15(8-10-19)14-5-3-2-4-6-14/h2-6,11-12,15H,7-10,13H2,1H3. The number of benzene rings is 1. The summed E-state index contributed by atoms with van der Waals surface area (Å²) in [6.07, 6.45) is 1.21. The molecular weight excluding hydrogens is 369 g/mol. The number of alkyl halides is 3. The third-order valence-electron chi connectivity index (χ3n) is 6.07. The summed E-state index contributed by atoms with van der Waals surface area (Å²) >= 11 is 0. The number of urea groups is 1. The maximum Gasteiger partial charge on any atom is 0.451 e. The van der Waals surface area contributed by atoms with Crippen LogP contribution < -0.4 is 4.90 Å².